The molecule has 2 radical (unpaired) electrons. The van der Waals surface area contributed by atoms with Crippen LogP contribution in [0.15, 0.2) is 0 Å². The fraction of sp³-hybridized carbons (Fsp3) is 0.800. The van der Waals surface area contributed by atoms with Gasteiger partial charge in [-0.15, -0.1) is 0 Å². The molecule has 0 N–H and O–H groups in total. The van der Waals surface area contributed by atoms with Gasteiger partial charge < -0.3 is 4.90 Å². The van der Waals surface area contributed by atoms with Crippen LogP contribution in [0.5, 0.6) is 0 Å². The molecule has 0 aromatic carbocycles. The van der Waals surface area contributed by atoms with Gasteiger partial charge in [0.2, 0.25) is 6.41 Å². The van der Waals surface area contributed by atoms with E-state index in [0.717, 1.165) is 19.5 Å². The molecule has 0 spiro atoms. The molecule has 9 heavy (non-hydrogen) atoms. The predicted octanol–water partition coefficient (Wildman–Crippen LogP) is 0.480. The minimum absolute atomic E-state index is 0. The minimum Gasteiger partial charge on any atom is -0.346 e. The van der Waals surface area contributed by atoms with Crippen LogP contribution in [0.4, 0.5) is 0 Å². The summed E-state index contributed by atoms with van der Waals surface area (Å²) in [6.07, 6.45) is 0.861. The molecule has 0 fully saturated rings. The molecule has 1 amide bonds. The summed E-state index contributed by atoms with van der Waals surface area (Å²) >= 11 is 0. The van der Waals surface area contributed by atoms with E-state index >= 15 is 0 Å². The van der Waals surface area contributed by atoms with Gasteiger partial charge in [-0.1, -0.05) is 0 Å². The first kappa shape index (κ1) is 16.3. The molecule has 0 saturated heterocycles. The Hall–Kier alpha value is 0.509. The van der Waals surface area contributed by atoms with Gasteiger partial charge in [0.05, 0.1) is 0 Å². The number of carbonyl (C=O) groups excluding carboxylic acids is 1. The van der Waals surface area contributed by atoms with E-state index in [1.54, 1.807) is 4.90 Å². The maximum Gasteiger partial charge on any atom is 0.209 e. The second-order valence-corrected chi connectivity index (χ2v) is 1.33. The molecule has 2 nitrogen and oxygen atoms in total. The number of rotatable bonds is 3. The molecular weight excluding hydrogens is 217 g/mol. The summed E-state index contributed by atoms with van der Waals surface area (Å²) in [6.45, 7) is 5.55. The van der Waals surface area contributed by atoms with Gasteiger partial charge in [0.1, 0.15) is 0 Å². The van der Waals surface area contributed by atoms with Gasteiger partial charge >= 0.3 is 0 Å². The summed E-state index contributed by atoms with van der Waals surface area (Å²) < 4.78 is 0. The zero-order valence-corrected chi connectivity index (χ0v) is 7.33. The minimum atomic E-state index is 0. The molecule has 0 aliphatic carbocycles. The number of amides is 1. The number of carbonyl (C=O) groups is 1. The fourth-order valence-electron chi connectivity index (χ4n) is 0.373. The van der Waals surface area contributed by atoms with Gasteiger partial charge in [0, 0.05) is 47.2 Å². The molecule has 0 aliphatic rings. The Morgan fingerprint density at radius 1 is 1.22 bits per heavy atom. The van der Waals surface area contributed by atoms with Crippen LogP contribution in [0.25, 0.3) is 0 Å². The Morgan fingerprint density at radius 2 is 1.56 bits per heavy atom. The van der Waals surface area contributed by atoms with Crippen LogP contribution in [-0.4, -0.2) is 24.4 Å². The summed E-state index contributed by atoms with van der Waals surface area (Å²) in [5.74, 6) is 0. The Balaban J connectivity index is -0.000000180. The number of hydrogen-bond donors (Lipinski definition) is 0. The monoisotopic (exact) mass is 227 g/mol. The first-order valence-electron chi connectivity index (χ1n) is 2.54. The van der Waals surface area contributed by atoms with E-state index in [-0.39, 0.29) is 34.1 Å². The second-order valence-electron chi connectivity index (χ2n) is 1.33. The molecule has 0 aromatic rings. The van der Waals surface area contributed by atoms with Crippen molar-refractivity contribution >= 4 is 6.41 Å². The standard InChI is InChI=1S/C5H11NO.2Cu/c1-3-6(4-2)5-7;;/h5H,3-4H2,1-2H3;;. The topological polar surface area (TPSA) is 20.3 Å². The van der Waals surface area contributed by atoms with Crippen molar-refractivity contribution in [1.82, 2.24) is 4.90 Å². The summed E-state index contributed by atoms with van der Waals surface area (Å²) in [5, 5.41) is 0. The van der Waals surface area contributed by atoms with Crippen molar-refractivity contribution in [2.75, 3.05) is 13.1 Å². The van der Waals surface area contributed by atoms with Gasteiger partial charge in [-0.05, 0) is 13.8 Å². The maximum absolute atomic E-state index is 9.89. The van der Waals surface area contributed by atoms with Gasteiger partial charge in [-0.25, -0.2) is 0 Å². The Morgan fingerprint density at radius 3 is 1.56 bits per heavy atom. The zero-order valence-electron chi connectivity index (χ0n) is 5.45. The quantitative estimate of drug-likeness (QED) is 0.508. The molecule has 0 unspecified atom stereocenters. The van der Waals surface area contributed by atoms with E-state index in [4.69, 9.17) is 0 Å². The Labute approximate surface area is 77.3 Å². The molecule has 64 valence electrons. The molecule has 0 rings (SSSR count). The van der Waals surface area contributed by atoms with Crippen molar-refractivity contribution in [1.29, 1.82) is 0 Å². The van der Waals surface area contributed by atoms with E-state index in [0.29, 0.717) is 0 Å². The summed E-state index contributed by atoms with van der Waals surface area (Å²) in [7, 11) is 0. The van der Waals surface area contributed by atoms with Crippen LogP contribution in [0.1, 0.15) is 13.8 Å². The zero-order chi connectivity index (χ0) is 5.70. The maximum atomic E-state index is 9.89. The van der Waals surface area contributed by atoms with Gasteiger partial charge in [-0.3, -0.25) is 4.79 Å². The molecule has 0 atom stereocenters. The van der Waals surface area contributed by atoms with Crippen LogP contribution < -0.4 is 0 Å². The summed E-state index contributed by atoms with van der Waals surface area (Å²) in [5.41, 5.74) is 0. The summed E-state index contributed by atoms with van der Waals surface area (Å²) in [6, 6.07) is 0. The van der Waals surface area contributed by atoms with Crippen LogP contribution >= 0.6 is 0 Å². The smallest absolute Gasteiger partial charge is 0.209 e. The van der Waals surface area contributed by atoms with E-state index in [9.17, 15) is 4.79 Å². The number of hydrogen-bond acceptors (Lipinski definition) is 1. The van der Waals surface area contributed by atoms with E-state index in [2.05, 4.69) is 0 Å². The third-order valence-corrected chi connectivity index (χ3v) is 0.961. The Kier molecular flexibility index (Phi) is 20.4. The van der Waals surface area contributed by atoms with Crippen LogP contribution in [0.3, 0.4) is 0 Å². The first-order chi connectivity index (χ1) is 3.35. The molecule has 4 heteroatoms. The van der Waals surface area contributed by atoms with Gasteiger partial charge in [0.15, 0.2) is 0 Å². The Bertz CT molecular complexity index is 56.9. The first-order valence-corrected chi connectivity index (χ1v) is 2.54. The van der Waals surface area contributed by atoms with Gasteiger partial charge in [0.25, 0.3) is 0 Å². The molecule has 0 aromatic heterocycles. The molecule has 0 heterocycles. The average molecular weight is 228 g/mol. The third-order valence-electron chi connectivity index (χ3n) is 0.961. The predicted molar refractivity (Wildman–Crippen MR) is 29.0 cm³/mol. The van der Waals surface area contributed by atoms with Crippen LogP contribution in [-0.2, 0) is 38.9 Å². The van der Waals surface area contributed by atoms with Crippen molar-refractivity contribution in [3.8, 4) is 0 Å². The van der Waals surface area contributed by atoms with Crippen LogP contribution in [0, 0.1) is 0 Å². The molecular formula is C5H11Cu2NO. The second kappa shape index (κ2) is 11.3. The van der Waals surface area contributed by atoms with Crippen LogP contribution in [0.2, 0.25) is 0 Å². The van der Waals surface area contributed by atoms with Crippen molar-refractivity contribution < 1.29 is 38.9 Å². The van der Waals surface area contributed by atoms with Crippen molar-refractivity contribution in [3.63, 3.8) is 0 Å². The van der Waals surface area contributed by atoms with Crippen molar-refractivity contribution in [2.24, 2.45) is 0 Å². The van der Waals surface area contributed by atoms with Crippen molar-refractivity contribution in [3.05, 3.63) is 0 Å². The van der Waals surface area contributed by atoms with E-state index in [1.165, 1.54) is 0 Å². The summed E-state index contributed by atoms with van der Waals surface area (Å²) in [4.78, 5) is 11.6. The van der Waals surface area contributed by atoms with E-state index < -0.39 is 0 Å². The normalized spacial score (nSPS) is 6.44. The largest absolute Gasteiger partial charge is 0.346 e. The average Bonchev–Trinajstić information content (AvgIpc) is 1.72. The molecule has 0 bridgehead atoms. The molecule has 0 aliphatic heterocycles. The van der Waals surface area contributed by atoms with Gasteiger partial charge in [-0.2, -0.15) is 0 Å². The van der Waals surface area contributed by atoms with E-state index in [1.807, 2.05) is 13.8 Å². The van der Waals surface area contributed by atoms with Crippen molar-refractivity contribution in [2.45, 2.75) is 13.8 Å². The fourth-order valence-corrected chi connectivity index (χ4v) is 0.373. The SMILES string of the molecule is CCN(C=O)CC.[Cu].[Cu]. The third kappa shape index (κ3) is 8.51. The number of nitrogens with zero attached hydrogens (tertiary/aromatic N) is 1. The molecule has 0 saturated carbocycles.